The number of carbonyl (C=O) groups is 3. The summed E-state index contributed by atoms with van der Waals surface area (Å²) in [5.41, 5.74) is 6.46. The summed E-state index contributed by atoms with van der Waals surface area (Å²) in [6.45, 7) is 8.17. The van der Waals surface area contributed by atoms with E-state index in [0.717, 1.165) is 0 Å². The van der Waals surface area contributed by atoms with Gasteiger partial charge >= 0.3 is 12.1 Å². The van der Waals surface area contributed by atoms with Crippen LogP contribution in [-0.4, -0.2) is 73.9 Å². The van der Waals surface area contributed by atoms with Gasteiger partial charge in [0.2, 0.25) is 11.9 Å². The van der Waals surface area contributed by atoms with E-state index in [-0.39, 0.29) is 42.4 Å². The van der Waals surface area contributed by atoms with Gasteiger partial charge in [0.1, 0.15) is 29.2 Å². The van der Waals surface area contributed by atoms with Gasteiger partial charge in [-0.2, -0.15) is 0 Å². The standard InChI is InChI=1S/C29H41N5O9S/c1-17-14-21(42-6)15-18(2)24(17)44(40,41)34-27(30)31-13-7-8-22(26(37)38)32-25(36)23(33-28(39)43-29(3,4)5)16-19-9-11-20(35)12-10-19/h9-12,14-15,22-23,35H,7-8,13,16H2,1-6H3,(H,32,36)(H,33,39)(H,37,38)(H3,30,31,34)/t22-,23-/m0/s1. The third kappa shape index (κ3) is 11.3. The van der Waals surface area contributed by atoms with Crippen LogP contribution in [-0.2, 0) is 30.8 Å². The second kappa shape index (κ2) is 15.3. The van der Waals surface area contributed by atoms with Crippen LogP contribution in [0.2, 0.25) is 0 Å². The highest BCUT2D eigenvalue weighted by Crippen LogP contribution is 2.25. The monoisotopic (exact) mass is 635 g/mol. The number of benzene rings is 2. The van der Waals surface area contributed by atoms with Crippen molar-refractivity contribution in [3.8, 4) is 11.5 Å². The van der Waals surface area contributed by atoms with Crippen LogP contribution in [0.5, 0.6) is 11.5 Å². The SMILES string of the molecule is COc1cc(C)c(S(=O)(=O)NC(N)=NCCC[C@H](NC(=O)[C@H](Cc2ccc(O)cc2)NC(=O)OC(C)(C)C)C(=O)O)c(C)c1. The van der Waals surface area contributed by atoms with Crippen LogP contribution in [0.3, 0.4) is 0 Å². The van der Waals surface area contributed by atoms with E-state index in [0.29, 0.717) is 22.4 Å². The van der Waals surface area contributed by atoms with Gasteiger partial charge in [0.05, 0.1) is 12.0 Å². The Hall–Kier alpha value is -4.53. The number of aryl methyl sites for hydroxylation is 2. The number of nitrogens with two attached hydrogens (primary N) is 1. The molecule has 14 nitrogen and oxygen atoms in total. The van der Waals surface area contributed by atoms with Gasteiger partial charge in [-0.15, -0.1) is 0 Å². The number of carboxylic acid groups (broad SMARTS) is 1. The number of aliphatic carboxylic acids is 1. The van der Waals surface area contributed by atoms with Gasteiger partial charge in [0.25, 0.3) is 10.0 Å². The lowest BCUT2D eigenvalue weighted by molar-refractivity contribution is -0.142. The Bertz CT molecular complexity index is 1450. The zero-order valence-corrected chi connectivity index (χ0v) is 26.4. The number of rotatable bonds is 13. The molecule has 44 heavy (non-hydrogen) atoms. The average Bonchev–Trinajstić information content (AvgIpc) is 2.88. The first-order chi connectivity index (χ1) is 20.4. The number of nitrogens with zero attached hydrogens (tertiary/aromatic N) is 1. The normalized spacial score (nSPS) is 13.4. The minimum atomic E-state index is -4.06. The number of aromatic hydroxyl groups is 1. The molecule has 0 bridgehead atoms. The van der Waals surface area contributed by atoms with Crippen molar-refractivity contribution in [3.05, 3.63) is 53.1 Å². The molecule has 0 fully saturated rings. The molecule has 15 heteroatoms. The molecule has 2 rings (SSSR count). The number of sulfonamides is 1. The molecule has 2 aromatic carbocycles. The molecule has 2 amide bonds. The zero-order chi connectivity index (χ0) is 33.2. The average molecular weight is 636 g/mol. The van der Waals surface area contributed by atoms with Crippen molar-refractivity contribution in [2.24, 2.45) is 10.7 Å². The number of methoxy groups -OCH3 is 1. The summed E-state index contributed by atoms with van der Waals surface area (Å²) in [5, 5.41) is 24.2. The Kier molecular flexibility index (Phi) is 12.4. The van der Waals surface area contributed by atoms with Gasteiger partial charge in [-0.1, -0.05) is 12.1 Å². The van der Waals surface area contributed by atoms with Gasteiger partial charge in [0.15, 0.2) is 0 Å². The minimum absolute atomic E-state index is 0.00813. The molecule has 0 heterocycles. The summed E-state index contributed by atoms with van der Waals surface area (Å²) >= 11 is 0. The third-order valence-electron chi connectivity index (χ3n) is 6.11. The molecule has 0 saturated heterocycles. The van der Waals surface area contributed by atoms with Gasteiger partial charge in [0, 0.05) is 13.0 Å². The summed E-state index contributed by atoms with van der Waals surface area (Å²) in [6.07, 6.45) is -0.816. The summed E-state index contributed by atoms with van der Waals surface area (Å²) in [6, 6.07) is 6.59. The fourth-order valence-electron chi connectivity index (χ4n) is 4.22. The number of carbonyl (C=O) groups excluding carboxylic acids is 2. The fourth-order valence-corrected chi connectivity index (χ4v) is 5.63. The van der Waals surface area contributed by atoms with Crippen LogP contribution in [0, 0.1) is 13.8 Å². The van der Waals surface area contributed by atoms with Crippen molar-refractivity contribution >= 4 is 34.0 Å². The predicted molar refractivity (Wildman–Crippen MR) is 163 cm³/mol. The molecule has 7 N–H and O–H groups in total. The lowest BCUT2D eigenvalue weighted by Crippen LogP contribution is -2.53. The summed E-state index contributed by atoms with van der Waals surface area (Å²) in [4.78, 5) is 41.5. The molecule has 0 spiro atoms. The van der Waals surface area contributed by atoms with Gasteiger partial charge in [-0.05, 0) is 88.4 Å². The number of aliphatic imine (C=N–C) groups is 1. The molecule has 0 radical (unpaired) electrons. The van der Waals surface area contributed by atoms with E-state index >= 15 is 0 Å². The first kappa shape index (κ1) is 35.7. The third-order valence-corrected chi connectivity index (χ3v) is 7.77. The molecule has 0 aliphatic carbocycles. The maximum atomic E-state index is 13.1. The Labute approximate surface area is 257 Å². The number of carboxylic acids is 1. The van der Waals surface area contributed by atoms with Crippen molar-refractivity contribution in [2.45, 2.75) is 76.5 Å². The van der Waals surface area contributed by atoms with Crippen molar-refractivity contribution in [3.63, 3.8) is 0 Å². The maximum Gasteiger partial charge on any atom is 0.408 e. The quantitative estimate of drug-likeness (QED) is 0.107. The van der Waals surface area contributed by atoms with Gasteiger partial charge in [-0.3, -0.25) is 9.79 Å². The van der Waals surface area contributed by atoms with Crippen molar-refractivity contribution < 1.29 is 42.5 Å². The van der Waals surface area contributed by atoms with E-state index in [1.54, 1.807) is 58.9 Å². The van der Waals surface area contributed by atoms with E-state index in [4.69, 9.17) is 15.2 Å². The molecule has 242 valence electrons. The number of ether oxygens (including phenoxy) is 2. The maximum absolute atomic E-state index is 13.1. The van der Waals surface area contributed by atoms with Gasteiger partial charge in [-0.25, -0.2) is 22.7 Å². The number of hydrogen-bond donors (Lipinski definition) is 6. The predicted octanol–water partition coefficient (Wildman–Crippen LogP) is 2.10. The van der Waals surface area contributed by atoms with Crippen LogP contribution < -0.4 is 25.8 Å². The Morgan fingerprint density at radius 2 is 1.61 bits per heavy atom. The summed E-state index contributed by atoms with van der Waals surface area (Å²) in [5.74, 6) is -1.94. The first-order valence-corrected chi connectivity index (χ1v) is 15.2. The van der Waals surface area contributed by atoms with Crippen LogP contribution in [0.15, 0.2) is 46.3 Å². The minimum Gasteiger partial charge on any atom is -0.508 e. The van der Waals surface area contributed by atoms with E-state index in [1.165, 1.54) is 19.2 Å². The number of guanidine groups is 1. The van der Waals surface area contributed by atoms with E-state index in [1.807, 2.05) is 0 Å². The second-order valence-electron chi connectivity index (χ2n) is 11.1. The van der Waals surface area contributed by atoms with E-state index < -0.39 is 45.7 Å². The van der Waals surface area contributed by atoms with Crippen molar-refractivity contribution in [2.75, 3.05) is 13.7 Å². The number of phenols is 1. The molecular weight excluding hydrogens is 594 g/mol. The smallest absolute Gasteiger partial charge is 0.408 e. The Morgan fingerprint density at radius 1 is 1.02 bits per heavy atom. The highest BCUT2D eigenvalue weighted by atomic mass is 32.2. The highest BCUT2D eigenvalue weighted by molar-refractivity contribution is 7.90. The van der Waals surface area contributed by atoms with Crippen molar-refractivity contribution in [1.82, 2.24) is 15.4 Å². The van der Waals surface area contributed by atoms with E-state index in [9.17, 15) is 33.0 Å². The molecule has 2 atom stereocenters. The molecule has 0 aromatic heterocycles. The number of amides is 2. The highest BCUT2D eigenvalue weighted by Gasteiger charge is 2.28. The molecule has 0 aliphatic heterocycles. The Morgan fingerprint density at radius 3 is 2.14 bits per heavy atom. The Balaban J connectivity index is 2.06. The number of nitrogens with one attached hydrogen (secondary N) is 3. The van der Waals surface area contributed by atoms with Crippen LogP contribution in [0.25, 0.3) is 0 Å². The number of hydrogen-bond acceptors (Lipinski definition) is 9. The molecular formula is C29H41N5O9S. The molecule has 0 unspecified atom stereocenters. The van der Waals surface area contributed by atoms with Crippen LogP contribution >= 0.6 is 0 Å². The van der Waals surface area contributed by atoms with Crippen LogP contribution in [0.4, 0.5) is 4.79 Å². The number of alkyl carbamates (subject to hydrolysis) is 1. The van der Waals surface area contributed by atoms with E-state index in [2.05, 4.69) is 20.3 Å². The summed E-state index contributed by atoms with van der Waals surface area (Å²) in [7, 11) is -2.58. The molecule has 2 aromatic rings. The molecule has 0 aliphatic rings. The second-order valence-corrected chi connectivity index (χ2v) is 12.7. The van der Waals surface area contributed by atoms with Crippen LogP contribution in [0.1, 0.15) is 50.3 Å². The zero-order valence-electron chi connectivity index (χ0n) is 25.6. The lowest BCUT2D eigenvalue weighted by Gasteiger charge is -2.24. The number of phenolic OH excluding ortho intramolecular Hbond substituents is 1. The largest absolute Gasteiger partial charge is 0.508 e. The topological polar surface area (TPSA) is 219 Å². The fraction of sp³-hybridized carbons (Fsp3) is 0.448. The van der Waals surface area contributed by atoms with Crippen molar-refractivity contribution in [1.29, 1.82) is 0 Å². The lowest BCUT2D eigenvalue weighted by atomic mass is 10.0. The molecule has 0 saturated carbocycles. The first-order valence-electron chi connectivity index (χ1n) is 13.7. The summed E-state index contributed by atoms with van der Waals surface area (Å²) < 4.78 is 38.4. The van der Waals surface area contributed by atoms with Gasteiger partial charge < -0.3 is 36.1 Å².